The monoisotopic (exact) mass is 310 g/mol. The van der Waals surface area contributed by atoms with Gasteiger partial charge in [0.2, 0.25) is 5.95 Å². The third-order valence-corrected chi connectivity index (χ3v) is 3.01. The van der Waals surface area contributed by atoms with Crippen LogP contribution in [0.3, 0.4) is 0 Å². The number of hydrogen-bond acceptors (Lipinski definition) is 5. The molecule has 0 aliphatic rings. The number of nitrogen functional groups attached to an aromatic ring is 1. The molecule has 0 saturated heterocycles. The average molecular weight is 311 g/mol. The lowest BCUT2D eigenvalue weighted by atomic mass is 10.2. The maximum atomic E-state index is 11.8. The van der Waals surface area contributed by atoms with Crippen molar-refractivity contribution in [2.45, 2.75) is 13.5 Å². The van der Waals surface area contributed by atoms with Crippen molar-refractivity contribution in [3.05, 3.63) is 28.5 Å². The lowest BCUT2D eigenvalue weighted by Crippen LogP contribution is -2.28. The smallest absolute Gasteiger partial charge is 0.319 e. The molecule has 2 amide bonds. The summed E-state index contributed by atoms with van der Waals surface area (Å²) in [6, 6.07) is 2.95. The minimum Gasteiger partial charge on any atom is -0.496 e. The van der Waals surface area contributed by atoms with Crippen LogP contribution in [-0.2, 0) is 6.54 Å². The number of nitrogens with one attached hydrogen (secondary N) is 3. The van der Waals surface area contributed by atoms with Crippen LogP contribution in [-0.4, -0.2) is 28.3 Å². The molecule has 0 unspecified atom stereocenters. The highest BCUT2D eigenvalue weighted by molar-refractivity contribution is 6.33. The molecule has 0 aliphatic carbocycles. The van der Waals surface area contributed by atoms with E-state index in [4.69, 9.17) is 22.1 Å². The summed E-state index contributed by atoms with van der Waals surface area (Å²) < 4.78 is 5.15. The maximum absolute atomic E-state index is 11.8. The molecule has 2 aromatic rings. The zero-order chi connectivity index (χ0) is 15.4. The first-order valence-electron chi connectivity index (χ1n) is 6.05. The van der Waals surface area contributed by atoms with Gasteiger partial charge in [-0.2, -0.15) is 4.98 Å². The maximum Gasteiger partial charge on any atom is 0.319 e. The van der Waals surface area contributed by atoms with E-state index in [-0.39, 0.29) is 12.5 Å². The number of carbonyl (C=O) groups is 1. The van der Waals surface area contributed by atoms with Crippen LogP contribution in [0.15, 0.2) is 12.1 Å². The van der Waals surface area contributed by atoms with Crippen LogP contribution < -0.4 is 21.1 Å². The van der Waals surface area contributed by atoms with Gasteiger partial charge >= 0.3 is 6.03 Å². The molecule has 1 aromatic carbocycles. The number of nitrogens with zero attached hydrogens (tertiary/aromatic N) is 2. The van der Waals surface area contributed by atoms with Crippen LogP contribution in [0.4, 0.5) is 16.4 Å². The predicted molar refractivity (Wildman–Crippen MR) is 79.4 cm³/mol. The van der Waals surface area contributed by atoms with Gasteiger partial charge in [-0.3, -0.25) is 5.10 Å². The van der Waals surface area contributed by atoms with E-state index in [2.05, 4.69) is 25.8 Å². The highest BCUT2D eigenvalue weighted by Crippen LogP contribution is 2.30. The number of benzene rings is 1. The molecule has 112 valence electrons. The Hall–Kier alpha value is -2.48. The van der Waals surface area contributed by atoms with Crippen molar-refractivity contribution in [2.24, 2.45) is 0 Å². The van der Waals surface area contributed by atoms with Crippen LogP contribution in [0.1, 0.15) is 11.4 Å². The number of rotatable bonds is 4. The second-order valence-corrected chi connectivity index (χ2v) is 4.66. The van der Waals surface area contributed by atoms with Crippen LogP contribution >= 0.6 is 11.6 Å². The Morgan fingerprint density at radius 3 is 2.90 bits per heavy atom. The number of aromatic amines is 1. The normalized spacial score (nSPS) is 10.2. The summed E-state index contributed by atoms with van der Waals surface area (Å²) in [6.45, 7) is 2.03. The number of ether oxygens (including phenoxy) is 1. The van der Waals surface area contributed by atoms with Crippen molar-refractivity contribution >= 4 is 29.3 Å². The minimum absolute atomic E-state index is 0.126. The second-order valence-electron chi connectivity index (χ2n) is 4.25. The van der Waals surface area contributed by atoms with Crippen LogP contribution in [0, 0.1) is 6.92 Å². The highest BCUT2D eigenvalue weighted by atomic mass is 35.5. The van der Waals surface area contributed by atoms with Crippen molar-refractivity contribution in [3.8, 4) is 5.75 Å². The lowest BCUT2D eigenvalue weighted by Gasteiger charge is -2.11. The number of carbonyl (C=O) groups excluding carboxylic acids is 1. The Morgan fingerprint density at radius 1 is 1.52 bits per heavy atom. The summed E-state index contributed by atoms with van der Waals surface area (Å²) in [7, 11) is 1.56. The van der Waals surface area contributed by atoms with Gasteiger partial charge in [-0.25, -0.2) is 4.79 Å². The number of anilines is 2. The molecular formula is C12H15ClN6O2. The van der Waals surface area contributed by atoms with Gasteiger partial charge in [-0.15, -0.1) is 5.10 Å². The molecule has 0 radical (unpaired) electrons. The van der Waals surface area contributed by atoms with Gasteiger partial charge in [-0.1, -0.05) is 11.6 Å². The van der Waals surface area contributed by atoms with Gasteiger partial charge in [0.25, 0.3) is 0 Å². The van der Waals surface area contributed by atoms with Gasteiger partial charge in [0.1, 0.15) is 11.6 Å². The summed E-state index contributed by atoms with van der Waals surface area (Å²) in [5.74, 6) is 1.24. The fourth-order valence-corrected chi connectivity index (χ4v) is 1.90. The number of halogens is 1. The third kappa shape index (κ3) is 3.76. The molecule has 0 bridgehead atoms. The van der Waals surface area contributed by atoms with E-state index < -0.39 is 6.03 Å². The Balaban J connectivity index is 1.98. The lowest BCUT2D eigenvalue weighted by molar-refractivity contribution is 0.251. The van der Waals surface area contributed by atoms with E-state index in [1.54, 1.807) is 19.2 Å². The van der Waals surface area contributed by atoms with E-state index in [9.17, 15) is 4.79 Å². The van der Waals surface area contributed by atoms with Crippen molar-refractivity contribution in [3.63, 3.8) is 0 Å². The SMILES string of the molecule is COc1cc(Cl)c(NC(=O)NCc2nc(N)n[nH]2)cc1C. The zero-order valence-electron chi connectivity index (χ0n) is 11.5. The van der Waals surface area contributed by atoms with Crippen LogP contribution in [0.2, 0.25) is 5.02 Å². The number of H-pyrrole nitrogens is 1. The van der Waals surface area contributed by atoms with Crippen molar-refractivity contribution in [1.82, 2.24) is 20.5 Å². The highest BCUT2D eigenvalue weighted by Gasteiger charge is 2.10. The van der Waals surface area contributed by atoms with Gasteiger partial charge < -0.3 is 21.1 Å². The van der Waals surface area contributed by atoms with E-state index in [0.29, 0.717) is 22.3 Å². The Labute approximate surface area is 126 Å². The third-order valence-electron chi connectivity index (χ3n) is 2.70. The zero-order valence-corrected chi connectivity index (χ0v) is 12.3. The number of amides is 2. The molecule has 9 heteroatoms. The average Bonchev–Trinajstić information content (AvgIpc) is 2.86. The molecule has 5 N–H and O–H groups in total. The van der Waals surface area contributed by atoms with Crippen LogP contribution in [0.5, 0.6) is 5.75 Å². The van der Waals surface area contributed by atoms with Crippen LogP contribution in [0.25, 0.3) is 0 Å². The standard InChI is InChI=1S/C12H15ClN6O2/c1-6-3-8(7(13)4-9(6)21-2)16-12(20)15-5-10-17-11(14)19-18-10/h3-4H,5H2,1-2H3,(H2,15,16,20)(H3,14,17,18,19). The molecule has 21 heavy (non-hydrogen) atoms. The first-order valence-corrected chi connectivity index (χ1v) is 6.43. The molecule has 0 fully saturated rings. The number of aryl methyl sites for hydroxylation is 1. The molecular weight excluding hydrogens is 296 g/mol. The number of aromatic nitrogens is 3. The van der Waals surface area contributed by atoms with E-state index in [1.807, 2.05) is 6.92 Å². The molecule has 2 rings (SSSR count). The first kappa shape index (κ1) is 14.9. The first-order chi connectivity index (χ1) is 9.99. The molecule has 8 nitrogen and oxygen atoms in total. The Morgan fingerprint density at radius 2 is 2.29 bits per heavy atom. The van der Waals surface area contributed by atoms with Gasteiger partial charge in [0.15, 0.2) is 0 Å². The summed E-state index contributed by atoms with van der Waals surface area (Å²) >= 11 is 6.08. The molecule has 0 spiro atoms. The van der Waals surface area contributed by atoms with Gasteiger partial charge in [0.05, 0.1) is 24.4 Å². The van der Waals surface area contributed by atoms with Crippen molar-refractivity contribution in [1.29, 1.82) is 0 Å². The molecule has 1 heterocycles. The van der Waals surface area contributed by atoms with Gasteiger partial charge in [0, 0.05) is 6.07 Å². The Kier molecular flexibility index (Phi) is 4.49. The predicted octanol–water partition coefficient (Wildman–Crippen LogP) is 1.68. The summed E-state index contributed by atoms with van der Waals surface area (Å²) in [5.41, 5.74) is 6.71. The summed E-state index contributed by atoms with van der Waals surface area (Å²) in [4.78, 5) is 15.7. The molecule has 0 aliphatic heterocycles. The van der Waals surface area contributed by atoms with Crippen molar-refractivity contribution < 1.29 is 9.53 Å². The minimum atomic E-state index is -0.420. The van der Waals surface area contributed by atoms with E-state index in [1.165, 1.54) is 0 Å². The fraction of sp³-hybridized carbons (Fsp3) is 0.250. The largest absolute Gasteiger partial charge is 0.496 e. The van der Waals surface area contributed by atoms with E-state index in [0.717, 1.165) is 5.56 Å². The molecule has 1 aromatic heterocycles. The number of methoxy groups -OCH3 is 1. The second kappa shape index (κ2) is 6.31. The summed E-state index contributed by atoms with van der Waals surface area (Å²) in [5, 5.41) is 11.9. The van der Waals surface area contributed by atoms with Gasteiger partial charge in [-0.05, 0) is 18.6 Å². The molecule has 0 atom stereocenters. The number of hydrogen-bond donors (Lipinski definition) is 4. The number of urea groups is 1. The van der Waals surface area contributed by atoms with Crippen molar-refractivity contribution in [2.75, 3.05) is 18.2 Å². The molecule has 0 saturated carbocycles. The Bertz CT molecular complexity index is 657. The topological polar surface area (TPSA) is 118 Å². The fourth-order valence-electron chi connectivity index (χ4n) is 1.70. The van der Waals surface area contributed by atoms with E-state index >= 15 is 0 Å². The quantitative estimate of drug-likeness (QED) is 0.685. The number of nitrogens with two attached hydrogens (primary N) is 1. The summed E-state index contributed by atoms with van der Waals surface area (Å²) in [6.07, 6.45) is 0.